The fraction of sp³-hybridized carbons (Fsp3) is 0.448. The maximum absolute atomic E-state index is 6.51. The summed E-state index contributed by atoms with van der Waals surface area (Å²) in [6, 6.07) is 4.81. The molecule has 0 fully saturated rings. The molecule has 1 N–H and O–H groups in total. The van der Waals surface area contributed by atoms with Gasteiger partial charge in [0.2, 0.25) is 0 Å². The third-order valence-electron chi connectivity index (χ3n) is 5.33. The summed E-state index contributed by atoms with van der Waals surface area (Å²) in [6.45, 7) is 21.1. The first kappa shape index (κ1) is 26.4. The SMILES string of the molecule is C#CC.C/C=c1\c(=C(/C)C2C=C(C)C=CN2)oc2c(C(C)C)cc(C(C)C)cc12.CC. The number of benzene rings is 1. The molecule has 0 saturated heterocycles. The Morgan fingerprint density at radius 1 is 1.16 bits per heavy atom. The summed E-state index contributed by atoms with van der Waals surface area (Å²) in [4.78, 5) is 0. The van der Waals surface area contributed by atoms with E-state index in [1.54, 1.807) is 6.92 Å². The van der Waals surface area contributed by atoms with E-state index in [-0.39, 0.29) is 6.04 Å². The Bertz CT molecular complexity index is 1080. The van der Waals surface area contributed by atoms with E-state index in [1.165, 1.54) is 32.9 Å². The van der Waals surface area contributed by atoms with Crippen LogP contribution in [0.2, 0.25) is 0 Å². The van der Waals surface area contributed by atoms with Crippen molar-refractivity contribution in [3.05, 3.63) is 57.8 Å². The van der Waals surface area contributed by atoms with Gasteiger partial charge in [-0.2, -0.15) is 0 Å². The molecule has 0 aliphatic carbocycles. The largest absolute Gasteiger partial charge is 0.456 e. The Kier molecular flexibility index (Phi) is 10.4. The van der Waals surface area contributed by atoms with Crippen LogP contribution in [0.1, 0.15) is 92.2 Å². The van der Waals surface area contributed by atoms with Crippen molar-refractivity contribution < 1.29 is 4.42 Å². The Morgan fingerprint density at radius 2 is 1.77 bits per heavy atom. The third-order valence-corrected chi connectivity index (χ3v) is 5.33. The Morgan fingerprint density at radius 3 is 2.26 bits per heavy atom. The molecule has 1 aliphatic rings. The summed E-state index contributed by atoms with van der Waals surface area (Å²) in [5.74, 6) is 3.18. The van der Waals surface area contributed by atoms with Gasteiger partial charge in [0.05, 0.1) is 6.04 Å². The van der Waals surface area contributed by atoms with Gasteiger partial charge in [-0.3, -0.25) is 0 Å². The average molecular weight is 420 g/mol. The number of nitrogens with one attached hydrogen (secondary N) is 1. The summed E-state index contributed by atoms with van der Waals surface area (Å²) in [5.41, 5.74) is 7.22. The van der Waals surface area contributed by atoms with Gasteiger partial charge in [-0.25, -0.2) is 0 Å². The molecular weight excluding hydrogens is 378 g/mol. The van der Waals surface area contributed by atoms with Gasteiger partial charge in [-0.15, -0.1) is 12.3 Å². The minimum atomic E-state index is 0.173. The predicted molar refractivity (Wildman–Crippen MR) is 139 cm³/mol. The summed E-state index contributed by atoms with van der Waals surface area (Å²) in [6.07, 6.45) is 13.2. The zero-order valence-electron chi connectivity index (χ0n) is 21.2. The summed E-state index contributed by atoms with van der Waals surface area (Å²) < 4.78 is 6.51. The van der Waals surface area contributed by atoms with Crippen molar-refractivity contribution in [2.24, 2.45) is 0 Å². The average Bonchev–Trinajstić information content (AvgIpc) is 3.12. The van der Waals surface area contributed by atoms with Crippen molar-refractivity contribution in [2.75, 3.05) is 0 Å². The number of fused-ring (bicyclic) bond motifs is 1. The lowest BCUT2D eigenvalue weighted by Gasteiger charge is -2.17. The van der Waals surface area contributed by atoms with E-state index in [2.05, 4.69) is 96.5 Å². The van der Waals surface area contributed by atoms with Crippen molar-refractivity contribution in [2.45, 2.75) is 87.1 Å². The van der Waals surface area contributed by atoms with Crippen LogP contribution in [0.3, 0.4) is 0 Å². The fourth-order valence-electron chi connectivity index (χ4n) is 3.65. The highest BCUT2D eigenvalue weighted by atomic mass is 16.3. The second kappa shape index (κ2) is 12.3. The van der Waals surface area contributed by atoms with Crippen molar-refractivity contribution >= 4 is 22.6 Å². The van der Waals surface area contributed by atoms with E-state index in [0.29, 0.717) is 11.8 Å². The zero-order valence-corrected chi connectivity index (χ0v) is 21.2. The Balaban J connectivity index is 0.000000884. The predicted octanol–water partition coefficient (Wildman–Crippen LogP) is 6.75. The smallest absolute Gasteiger partial charge is 0.138 e. The summed E-state index contributed by atoms with van der Waals surface area (Å²) in [7, 11) is 0. The molecule has 168 valence electrons. The molecule has 1 unspecified atom stereocenters. The molecule has 2 heterocycles. The van der Waals surface area contributed by atoms with Crippen LogP contribution in [0.25, 0.3) is 22.6 Å². The molecule has 0 spiro atoms. The number of dihydropyridines is 1. The number of rotatable bonds is 3. The van der Waals surface area contributed by atoms with Crippen LogP contribution in [0.4, 0.5) is 0 Å². The van der Waals surface area contributed by atoms with Crippen LogP contribution in [0.5, 0.6) is 0 Å². The van der Waals surface area contributed by atoms with Crippen LogP contribution in [-0.2, 0) is 0 Å². The van der Waals surface area contributed by atoms with Gasteiger partial charge >= 0.3 is 0 Å². The van der Waals surface area contributed by atoms with Gasteiger partial charge < -0.3 is 9.73 Å². The topological polar surface area (TPSA) is 25.2 Å². The summed E-state index contributed by atoms with van der Waals surface area (Å²) >= 11 is 0. The van der Waals surface area contributed by atoms with Crippen LogP contribution >= 0.6 is 0 Å². The summed E-state index contributed by atoms with van der Waals surface area (Å²) in [5, 5.41) is 5.89. The second-order valence-electron chi connectivity index (χ2n) is 8.29. The minimum Gasteiger partial charge on any atom is -0.456 e. The lowest BCUT2D eigenvalue weighted by Crippen LogP contribution is -2.33. The van der Waals surface area contributed by atoms with Gasteiger partial charge in [0.15, 0.2) is 0 Å². The highest BCUT2D eigenvalue weighted by Gasteiger charge is 2.17. The molecule has 1 aromatic carbocycles. The molecule has 2 aromatic rings. The molecule has 0 saturated carbocycles. The van der Waals surface area contributed by atoms with Crippen molar-refractivity contribution in [3.63, 3.8) is 0 Å². The van der Waals surface area contributed by atoms with Crippen LogP contribution in [-0.4, -0.2) is 6.04 Å². The number of hydrogen-bond donors (Lipinski definition) is 1. The molecule has 0 amide bonds. The van der Waals surface area contributed by atoms with Crippen LogP contribution in [0.15, 0.2) is 40.5 Å². The maximum atomic E-state index is 6.51. The van der Waals surface area contributed by atoms with E-state index in [0.717, 1.165) is 11.0 Å². The van der Waals surface area contributed by atoms with Gasteiger partial charge in [0.1, 0.15) is 11.0 Å². The first-order valence-electron chi connectivity index (χ1n) is 11.5. The Hall–Kier alpha value is -2.66. The maximum Gasteiger partial charge on any atom is 0.138 e. The quantitative estimate of drug-likeness (QED) is 0.557. The van der Waals surface area contributed by atoms with Gasteiger partial charge in [-0.1, -0.05) is 65.3 Å². The molecule has 2 nitrogen and oxygen atoms in total. The molecule has 1 aliphatic heterocycles. The highest BCUT2D eigenvalue weighted by Crippen LogP contribution is 2.28. The molecule has 0 radical (unpaired) electrons. The van der Waals surface area contributed by atoms with E-state index >= 15 is 0 Å². The molecular formula is C29H41NO. The normalized spacial score (nSPS) is 16.7. The van der Waals surface area contributed by atoms with Crippen molar-refractivity contribution in [1.82, 2.24) is 5.32 Å². The first-order chi connectivity index (χ1) is 14.7. The third kappa shape index (κ3) is 6.17. The van der Waals surface area contributed by atoms with Crippen LogP contribution in [0, 0.1) is 12.3 Å². The first-order valence-corrected chi connectivity index (χ1v) is 11.5. The monoisotopic (exact) mass is 419 g/mol. The number of furan rings is 1. The van der Waals surface area contributed by atoms with Gasteiger partial charge in [-0.05, 0) is 74.6 Å². The zero-order chi connectivity index (χ0) is 23.7. The fourth-order valence-corrected chi connectivity index (χ4v) is 3.65. The molecule has 0 bridgehead atoms. The van der Waals surface area contributed by atoms with E-state index in [9.17, 15) is 0 Å². The van der Waals surface area contributed by atoms with Crippen molar-refractivity contribution in [1.29, 1.82) is 0 Å². The number of hydrogen-bond acceptors (Lipinski definition) is 2. The molecule has 2 heteroatoms. The lowest BCUT2D eigenvalue weighted by molar-refractivity contribution is 0.560. The number of allylic oxidation sites excluding steroid dienone is 2. The molecule has 3 rings (SSSR count). The van der Waals surface area contributed by atoms with Crippen LogP contribution < -0.4 is 16.0 Å². The van der Waals surface area contributed by atoms with E-state index in [4.69, 9.17) is 4.42 Å². The van der Waals surface area contributed by atoms with E-state index in [1.807, 2.05) is 20.0 Å². The second-order valence-corrected chi connectivity index (χ2v) is 8.29. The standard InChI is InChI=1S/C24H31NO.C3H4.C2H6/c1-8-19-21-13-18(14(2)3)12-20(15(4)5)24(21)26-23(19)17(7)22-11-16(6)9-10-25-22;1-3-2;1-2/h8-15,22,25H,1-7H3;1H,2H3;1-2H3/b19-8-,23-17-;;. The molecule has 1 atom stereocenters. The highest BCUT2D eigenvalue weighted by molar-refractivity contribution is 5.84. The van der Waals surface area contributed by atoms with Gasteiger partial charge in [0.25, 0.3) is 0 Å². The van der Waals surface area contributed by atoms with E-state index < -0.39 is 0 Å². The van der Waals surface area contributed by atoms with Gasteiger partial charge in [0, 0.05) is 10.6 Å². The van der Waals surface area contributed by atoms with Crippen molar-refractivity contribution in [3.8, 4) is 12.3 Å². The lowest BCUT2D eigenvalue weighted by atomic mass is 9.93. The Labute approximate surface area is 189 Å². The minimum absolute atomic E-state index is 0.173. The molecule has 1 aromatic heterocycles. The number of terminal acetylenes is 1. The molecule has 31 heavy (non-hydrogen) atoms.